The Labute approximate surface area is 117 Å². The minimum Gasteiger partial charge on any atom is -0.477 e. The number of carboxylic acids is 1. The molecule has 0 aliphatic heterocycles. The molecule has 1 aromatic rings. The first-order valence-corrected chi connectivity index (χ1v) is 7.04. The van der Waals surface area contributed by atoms with Crippen molar-refractivity contribution in [2.24, 2.45) is 0 Å². The van der Waals surface area contributed by atoms with Gasteiger partial charge in [0.25, 0.3) is 0 Å². The Morgan fingerprint density at radius 2 is 2.11 bits per heavy atom. The van der Waals surface area contributed by atoms with Crippen LogP contribution < -0.4 is 10.6 Å². The van der Waals surface area contributed by atoms with Gasteiger partial charge in [-0.1, -0.05) is 0 Å². The average Bonchev–Trinajstić information content (AvgIpc) is 2.65. The molecule has 0 unspecified atom stereocenters. The molecular weight excluding hydrogens is 264 g/mol. The van der Waals surface area contributed by atoms with Crippen molar-refractivity contribution in [3.63, 3.8) is 0 Å². The summed E-state index contributed by atoms with van der Waals surface area (Å²) in [6.45, 7) is 6.92. The van der Waals surface area contributed by atoms with E-state index >= 15 is 0 Å². The van der Waals surface area contributed by atoms with Gasteiger partial charge in [-0.25, -0.2) is 4.79 Å². The molecule has 0 radical (unpaired) electrons. The zero-order valence-electron chi connectivity index (χ0n) is 11.4. The first-order valence-electron chi connectivity index (χ1n) is 6.23. The first-order chi connectivity index (χ1) is 8.90. The molecule has 106 valence electrons. The Kier molecular flexibility index (Phi) is 5.98. The van der Waals surface area contributed by atoms with Crippen LogP contribution in [0.3, 0.4) is 0 Å². The number of rotatable bonds is 7. The predicted molar refractivity (Wildman–Crippen MR) is 75.6 cm³/mol. The highest BCUT2D eigenvalue weighted by atomic mass is 32.1. The topological polar surface area (TPSA) is 78.4 Å². The Morgan fingerprint density at radius 3 is 2.63 bits per heavy atom. The van der Waals surface area contributed by atoms with Crippen molar-refractivity contribution in [3.05, 3.63) is 21.4 Å². The number of carbonyl (C=O) groups is 2. The van der Waals surface area contributed by atoms with E-state index in [0.717, 1.165) is 10.4 Å². The van der Waals surface area contributed by atoms with E-state index in [2.05, 4.69) is 10.6 Å². The fourth-order valence-electron chi connectivity index (χ4n) is 1.62. The lowest BCUT2D eigenvalue weighted by atomic mass is 10.2. The molecule has 0 aromatic carbocycles. The van der Waals surface area contributed by atoms with Crippen LogP contribution in [-0.2, 0) is 11.3 Å². The standard InChI is InChI=1S/C13H20N2O3S/c1-8(2)15-12(16)4-5-14-7-10-6-11(13(17)18)19-9(10)3/h6,8,14H,4-5,7H2,1-3H3,(H,15,16)(H,17,18). The molecule has 1 amide bonds. The zero-order chi connectivity index (χ0) is 14.4. The predicted octanol–water partition coefficient (Wildman–Crippen LogP) is 1.76. The van der Waals surface area contributed by atoms with Crippen LogP contribution in [0.25, 0.3) is 0 Å². The molecule has 1 heterocycles. The van der Waals surface area contributed by atoms with Gasteiger partial charge in [-0.05, 0) is 32.4 Å². The van der Waals surface area contributed by atoms with Crippen LogP contribution in [0.1, 0.15) is 40.4 Å². The van der Waals surface area contributed by atoms with E-state index in [1.54, 1.807) is 6.07 Å². The van der Waals surface area contributed by atoms with Gasteiger partial charge in [0.15, 0.2) is 0 Å². The Bertz CT molecular complexity index is 455. The van der Waals surface area contributed by atoms with E-state index in [1.807, 2.05) is 20.8 Å². The van der Waals surface area contributed by atoms with Gasteiger partial charge in [0, 0.05) is 30.4 Å². The molecule has 5 nitrogen and oxygen atoms in total. The van der Waals surface area contributed by atoms with Crippen LogP contribution in [0, 0.1) is 6.92 Å². The van der Waals surface area contributed by atoms with E-state index in [9.17, 15) is 9.59 Å². The number of hydrogen-bond donors (Lipinski definition) is 3. The third kappa shape index (κ3) is 5.40. The Balaban J connectivity index is 2.33. The number of thiophene rings is 1. The van der Waals surface area contributed by atoms with Crippen LogP contribution in [0.5, 0.6) is 0 Å². The van der Waals surface area contributed by atoms with Crippen molar-refractivity contribution in [3.8, 4) is 0 Å². The number of carbonyl (C=O) groups excluding carboxylic acids is 1. The Hall–Kier alpha value is -1.40. The van der Waals surface area contributed by atoms with Crippen molar-refractivity contribution in [2.45, 2.75) is 39.8 Å². The van der Waals surface area contributed by atoms with E-state index in [1.165, 1.54) is 11.3 Å². The lowest BCUT2D eigenvalue weighted by molar-refractivity contribution is -0.121. The second-order valence-electron chi connectivity index (χ2n) is 4.65. The number of amides is 1. The summed E-state index contributed by atoms with van der Waals surface area (Å²) in [5.41, 5.74) is 0.978. The molecule has 0 atom stereocenters. The summed E-state index contributed by atoms with van der Waals surface area (Å²) >= 11 is 1.28. The van der Waals surface area contributed by atoms with Gasteiger partial charge < -0.3 is 15.7 Å². The van der Waals surface area contributed by atoms with Gasteiger partial charge in [-0.2, -0.15) is 0 Å². The van der Waals surface area contributed by atoms with Crippen LogP contribution in [0.15, 0.2) is 6.07 Å². The minimum atomic E-state index is -0.893. The van der Waals surface area contributed by atoms with Gasteiger partial charge >= 0.3 is 5.97 Å². The van der Waals surface area contributed by atoms with Gasteiger partial charge in [-0.15, -0.1) is 11.3 Å². The van der Waals surface area contributed by atoms with E-state index in [0.29, 0.717) is 24.4 Å². The van der Waals surface area contributed by atoms with Crippen molar-refractivity contribution in [2.75, 3.05) is 6.54 Å². The molecule has 0 aliphatic carbocycles. The van der Waals surface area contributed by atoms with Gasteiger partial charge in [-0.3, -0.25) is 4.79 Å². The molecule has 0 aliphatic rings. The number of aromatic carboxylic acids is 1. The lowest BCUT2D eigenvalue weighted by Crippen LogP contribution is -2.32. The zero-order valence-corrected chi connectivity index (χ0v) is 12.3. The summed E-state index contributed by atoms with van der Waals surface area (Å²) in [6.07, 6.45) is 0.424. The summed E-state index contributed by atoms with van der Waals surface area (Å²) in [5, 5.41) is 14.9. The van der Waals surface area contributed by atoms with Crippen LogP contribution in [0.4, 0.5) is 0 Å². The molecule has 0 saturated carbocycles. The molecule has 1 rings (SSSR count). The largest absolute Gasteiger partial charge is 0.477 e. The average molecular weight is 284 g/mol. The lowest BCUT2D eigenvalue weighted by Gasteiger charge is -2.08. The maximum Gasteiger partial charge on any atom is 0.345 e. The van der Waals surface area contributed by atoms with E-state index in [-0.39, 0.29) is 11.9 Å². The molecule has 1 aromatic heterocycles. The third-order valence-electron chi connectivity index (χ3n) is 2.53. The summed E-state index contributed by atoms with van der Waals surface area (Å²) in [5.74, 6) is -0.869. The molecule has 3 N–H and O–H groups in total. The summed E-state index contributed by atoms with van der Waals surface area (Å²) in [7, 11) is 0. The normalized spacial score (nSPS) is 10.7. The van der Waals surface area contributed by atoms with Gasteiger partial charge in [0.05, 0.1) is 0 Å². The first kappa shape index (κ1) is 15.7. The number of carboxylic acid groups (broad SMARTS) is 1. The highest BCUT2D eigenvalue weighted by Crippen LogP contribution is 2.21. The fraction of sp³-hybridized carbons (Fsp3) is 0.538. The fourth-order valence-corrected chi connectivity index (χ4v) is 2.50. The molecule has 0 spiro atoms. The molecule has 0 bridgehead atoms. The van der Waals surface area contributed by atoms with Crippen molar-refractivity contribution >= 4 is 23.2 Å². The van der Waals surface area contributed by atoms with Crippen molar-refractivity contribution in [1.29, 1.82) is 0 Å². The maximum atomic E-state index is 11.4. The highest BCUT2D eigenvalue weighted by molar-refractivity contribution is 7.14. The molecule has 0 fully saturated rings. The van der Waals surface area contributed by atoms with Gasteiger partial charge in [0.1, 0.15) is 4.88 Å². The smallest absolute Gasteiger partial charge is 0.345 e. The SMILES string of the molecule is Cc1sc(C(=O)O)cc1CNCCC(=O)NC(C)C. The van der Waals surface area contributed by atoms with Gasteiger partial charge in [0.2, 0.25) is 5.91 Å². The molecular formula is C13H20N2O3S. The van der Waals surface area contributed by atoms with Crippen LogP contribution in [0.2, 0.25) is 0 Å². The second kappa shape index (κ2) is 7.25. The number of aryl methyl sites for hydroxylation is 1. The van der Waals surface area contributed by atoms with Crippen LogP contribution >= 0.6 is 11.3 Å². The molecule has 0 saturated heterocycles. The van der Waals surface area contributed by atoms with E-state index < -0.39 is 5.97 Å². The monoisotopic (exact) mass is 284 g/mol. The maximum absolute atomic E-state index is 11.4. The van der Waals surface area contributed by atoms with Crippen LogP contribution in [-0.4, -0.2) is 29.6 Å². The quantitative estimate of drug-likeness (QED) is 0.667. The molecule has 6 heteroatoms. The van der Waals surface area contributed by atoms with E-state index in [4.69, 9.17) is 5.11 Å². The molecule has 19 heavy (non-hydrogen) atoms. The van der Waals surface area contributed by atoms with Crippen molar-refractivity contribution in [1.82, 2.24) is 10.6 Å². The minimum absolute atomic E-state index is 0.0239. The highest BCUT2D eigenvalue weighted by Gasteiger charge is 2.10. The summed E-state index contributed by atoms with van der Waals surface area (Å²) in [4.78, 5) is 23.6. The Morgan fingerprint density at radius 1 is 1.42 bits per heavy atom. The van der Waals surface area contributed by atoms with Crippen molar-refractivity contribution < 1.29 is 14.7 Å². The number of nitrogens with one attached hydrogen (secondary N) is 2. The third-order valence-corrected chi connectivity index (χ3v) is 3.61. The summed E-state index contributed by atoms with van der Waals surface area (Å²) in [6, 6.07) is 1.84. The number of hydrogen-bond acceptors (Lipinski definition) is 4. The summed E-state index contributed by atoms with van der Waals surface area (Å²) < 4.78 is 0. The second-order valence-corrected chi connectivity index (χ2v) is 5.90.